The van der Waals surface area contributed by atoms with Gasteiger partial charge in [-0.2, -0.15) is 11.8 Å². The Balaban J connectivity index is 1.36. The van der Waals surface area contributed by atoms with Crippen LogP contribution in [0.2, 0.25) is 0 Å². The van der Waals surface area contributed by atoms with Crippen LogP contribution < -0.4 is 0 Å². The molecule has 150 valence electrons. The van der Waals surface area contributed by atoms with Gasteiger partial charge in [-0.3, -0.25) is 4.79 Å². The van der Waals surface area contributed by atoms with Gasteiger partial charge in [-0.25, -0.2) is 0 Å². The predicted octanol–water partition coefficient (Wildman–Crippen LogP) is 3.17. The zero-order chi connectivity index (χ0) is 18.6. The fourth-order valence-electron chi connectivity index (χ4n) is 5.09. The van der Waals surface area contributed by atoms with Gasteiger partial charge in [0.25, 0.3) is 0 Å². The van der Waals surface area contributed by atoms with Crippen molar-refractivity contribution < 1.29 is 4.79 Å². The quantitative estimate of drug-likeness (QED) is 0.677. The number of hydrogen-bond acceptors (Lipinski definition) is 4. The van der Waals surface area contributed by atoms with E-state index in [-0.39, 0.29) is 5.41 Å². The van der Waals surface area contributed by atoms with E-state index in [1.54, 1.807) is 0 Å². The summed E-state index contributed by atoms with van der Waals surface area (Å²) < 4.78 is 0. The van der Waals surface area contributed by atoms with Crippen molar-refractivity contribution in [3.63, 3.8) is 0 Å². The van der Waals surface area contributed by atoms with E-state index in [2.05, 4.69) is 34.8 Å². The summed E-state index contributed by atoms with van der Waals surface area (Å²) in [7, 11) is 0. The van der Waals surface area contributed by atoms with Gasteiger partial charge in [0.05, 0.1) is 5.41 Å². The van der Waals surface area contributed by atoms with E-state index in [9.17, 15) is 4.79 Å². The molecule has 0 bridgehead atoms. The van der Waals surface area contributed by atoms with Crippen LogP contribution in [0, 0.1) is 11.3 Å². The first kappa shape index (κ1) is 20.5. The Labute approximate surface area is 165 Å². The number of hydrogen-bond donors (Lipinski definition) is 0. The van der Waals surface area contributed by atoms with Crippen LogP contribution in [-0.4, -0.2) is 84.5 Å². The van der Waals surface area contributed by atoms with E-state index < -0.39 is 0 Å². The zero-order valence-electron chi connectivity index (χ0n) is 17.2. The molecule has 5 heteroatoms. The molecule has 4 nitrogen and oxygen atoms in total. The molecule has 0 aliphatic carbocycles. The summed E-state index contributed by atoms with van der Waals surface area (Å²) in [5, 5.41) is 0. The van der Waals surface area contributed by atoms with Crippen molar-refractivity contribution >= 4 is 17.7 Å². The van der Waals surface area contributed by atoms with Crippen LogP contribution in [-0.2, 0) is 4.79 Å². The third-order valence-electron chi connectivity index (χ3n) is 7.15. The largest absolute Gasteiger partial charge is 0.340 e. The van der Waals surface area contributed by atoms with Gasteiger partial charge in [0.1, 0.15) is 0 Å². The van der Waals surface area contributed by atoms with Gasteiger partial charge in [-0.1, -0.05) is 0 Å². The summed E-state index contributed by atoms with van der Waals surface area (Å²) in [6.45, 7) is 12.6. The SMILES string of the molecule is CSCCN1CCC(CCN2CCC3(CC2)CCN(C(C)C)C3=O)CC1. The lowest BCUT2D eigenvalue weighted by Gasteiger charge is -2.39. The van der Waals surface area contributed by atoms with Gasteiger partial charge >= 0.3 is 0 Å². The summed E-state index contributed by atoms with van der Waals surface area (Å²) in [4.78, 5) is 20.2. The van der Waals surface area contributed by atoms with Crippen LogP contribution >= 0.6 is 11.8 Å². The standard InChI is InChI=1S/C21H39N3OS/c1-18(2)24-15-9-21(20(24)25)7-13-23(14-8-21)12-6-19-4-10-22(11-5-19)16-17-26-3/h18-19H,4-17H2,1-3H3. The monoisotopic (exact) mass is 381 g/mol. The van der Waals surface area contributed by atoms with Crippen molar-refractivity contribution in [2.75, 3.05) is 57.8 Å². The molecule has 3 saturated heterocycles. The molecule has 3 fully saturated rings. The average Bonchev–Trinajstić information content (AvgIpc) is 2.97. The van der Waals surface area contributed by atoms with Crippen LogP contribution in [0.3, 0.4) is 0 Å². The van der Waals surface area contributed by atoms with Crippen molar-refractivity contribution in [1.82, 2.24) is 14.7 Å². The molecule has 0 N–H and O–H groups in total. The van der Waals surface area contributed by atoms with Gasteiger partial charge < -0.3 is 14.7 Å². The van der Waals surface area contributed by atoms with Crippen LogP contribution in [0.15, 0.2) is 0 Å². The van der Waals surface area contributed by atoms with Crippen LogP contribution in [0.5, 0.6) is 0 Å². The van der Waals surface area contributed by atoms with E-state index in [0.717, 1.165) is 44.8 Å². The minimum absolute atomic E-state index is 0.0105. The van der Waals surface area contributed by atoms with Crippen molar-refractivity contribution in [2.24, 2.45) is 11.3 Å². The molecule has 0 aromatic rings. The second kappa shape index (κ2) is 9.29. The normalized spacial score (nSPS) is 25.7. The van der Waals surface area contributed by atoms with Crippen molar-refractivity contribution in [3.05, 3.63) is 0 Å². The van der Waals surface area contributed by atoms with E-state index in [1.165, 1.54) is 51.2 Å². The van der Waals surface area contributed by atoms with Crippen molar-refractivity contribution in [2.45, 2.75) is 58.4 Å². The maximum absolute atomic E-state index is 12.8. The molecule has 0 aromatic carbocycles. The molecule has 0 unspecified atom stereocenters. The summed E-state index contributed by atoms with van der Waals surface area (Å²) >= 11 is 1.96. The number of likely N-dealkylation sites (tertiary alicyclic amines) is 3. The average molecular weight is 382 g/mol. The summed E-state index contributed by atoms with van der Waals surface area (Å²) in [5.74, 6) is 2.64. The topological polar surface area (TPSA) is 26.8 Å². The Morgan fingerprint density at radius 3 is 2.19 bits per heavy atom. The van der Waals surface area contributed by atoms with Gasteiger partial charge in [0.15, 0.2) is 0 Å². The summed E-state index contributed by atoms with van der Waals surface area (Å²) in [6, 6.07) is 0.363. The summed E-state index contributed by atoms with van der Waals surface area (Å²) in [5.41, 5.74) is -0.0105. The van der Waals surface area contributed by atoms with Gasteiger partial charge in [-0.15, -0.1) is 0 Å². The Morgan fingerprint density at radius 2 is 1.62 bits per heavy atom. The van der Waals surface area contributed by atoms with Gasteiger partial charge in [0, 0.05) is 24.9 Å². The number of carbonyl (C=O) groups is 1. The Bertz CT molecular complexity index is 454. The Kier molecular flexibility index (Phi) is 7.32. The molecule has 3 aliphatic rings. The highest BCUT2D eigenvalue weighted by molar-refractivity contribution is 7.98. The maximum Gasteiger partial charge on any atom is 0.229 e. The fourth-order valence-corrected chi connectivity index (χ4v) is 5.53. The molecule has 0 atom stereocenters. The van der Waals surface area contributed by atoms with E-state index in [4.69, 9.17) is 0 Å². The maximum atomic E-state index is 12.8. The number of amides is 1. The second-order valence-corrected chi connectivity index (χ2v) is 10.0. The molecule has 3 rings (SSSR count). The highest BCUT2D eigenvalue weighted by Crippen LogP contribution is 2.42. The third kappa shape index (κ3) is 4.77. The molecule has 3 aliphatic heterocycles. The van der Waals surface area contributed by atoms with E-state index >= 15 is 0 Å². The number of piperidine rings is 2. The number of rotatable bonds is 7. The molecule has 3 heterocycles. The first-order valence-corrected chi connectivity index (χ1v) is 12.2. The number of thioether (sulfide) groups is 1. The van der Waals surface area contributed by atoms with Gasteiger partial charge in [0.2, 0.25) is 5.91 Å². The highest BCUT2D eigenvalue weighted by atomic mass is 32.2. The van der Waals surface area contributed by atoms with Crippen molar-refractivity contribution in [1.29, 1.82) is 0 Å². The molecule has 26 heavy (non-hydrogen) atoms. The first-order valence-electron chi connectivity index (χ1n) is 10.8. The smallest absolute Gasteiger partial charge is 0.229 e. The van der Waals surface area contributed by atoms with Crippen molar-refractivity contribution in [3.8, 4) is 0 Å². The molecule has 0 aromatic heterocycles. The number of carbonyl (C=O) groups excluding carboxylic acids is 1. The Morgan fingerprint density at radius 1 is 1.00 bits per heavy atom. The first-order chi connectivity index (χ1) is 12.5. The lowest BCUT2D eigenvalue weighted by molar-refractivity contribution is -0.139. The second-order valence-electron chi connectivity index (χ2n) is 9.03. The van der Waals surface area contributed by atoms with E-state index in [1.807, 2.05) is 11.8 Å². The summed E-state index contributed by atoms with van der Waals surface area (Å²) in [6.07, 6.45) is 9.59. The molecular formula is C21H39N3OS. The molecule has 0 radical (unpaired) electrons. The lowest BCUT2D eigenvalue weighted by atomic mass is 9.77. The number of nitrogens with zero attached hydrogens (tertiary/aromatic N) is 3. The molecule has 0 saturated carbocycles. The Hall–Kier alpha value is -0.260. The minimum atomic E-state index is -0.0105. The molecule has 1 amide bonds. The molecular weight excluding hydrogens is 342 g/mol. The van der Waals surface area contributed by atoms with Gasteiger partial charge in [-0.05, 0) is 97.3 Å². The molecule has 1 spiro atoms. The lowest BCUT2D eigenvalue weighted by Crippen LogP contribution is -2.46. The highest BCUT2D eigenvalue weighted by Gasteiger charge is 2.48. The van der Waals surface area contributed by atoms with Crippen LogP contribution in [0.4, 0.5) is 0 Å². The predicted molar refractivity (Wildman–Crippen MR) is 112 cm³/mol. The van der Waals surface area contributed by atoms with Crippen LogP contribution in [0.25, 0.3) is 0 Å². The van der Waals surface area contributed by atoms with E-state index in [0.29, 0.717) is 11.9 Å². The van der Waals surface area contributed by atoms with Crippen LogP contribution in [0.1, 0.15) is 52.4 Å². The minimum Gasteiger partial charge on any atom is -0.340 e. The third-order valence-corrected chi connectivity index (χ3v) is 7.75. The fraction of sp³-hybridized carbons (Fsp3) is 0.952. The zero-order valence-corrected chi connectivity index (χ0v) is 18.0.